The van der Waals surface area contributed by atoms with E-state index in [0.29, 0.717) is 0 Å². The molecule has 3 heteroatoms. The predicted octanol–water partition coefficient (Wildman–Crippen LogP) is 3.89. The third kappa shape index (κ3) is 7.24. The molecule has 0 bridgehead atoms. The predicted molar refractivity (Wildman–Crippen MR) is 74.0 cm³/mol. The molecule has 96 valence electrons. The number of ether oxygens (including phenoxy) is 1. The molecule has 1 aromatic carbocycles. The number of nitrogens with one attached hydrogen (secondary N) is 1. The molecule has 0 spiro atoms. The molecule has 0 fully saturated rings. The van der Waals surface area contributed by atoms with E-state index in [2.05, 4.69) is 12.2 Å². The van der Waals surface area contributed by atoms with Gasteiger partial charge in [0, 0.05) is 5.02 Å². The Morgan fingerprint density at radius 2 is 1.76 bits per heavy atom. The lowest BCUT2D eigenvalue weighted by Crippen LogP contribution is -2.13. The van der Waals surface area contributed by atoms with Crippen LogP contribution in [0.2, 0.25) is 5.02 Å². The van der Waals surface area contributed by atoms with E-state index in [-0.39, 0.29) is 0 Å². The first-order valence-corrected chi connectivity index (χ1v) is 6.80. The summed E-state index contributed by atoms with van der Waals surface area (Å²) < 4.78 is 5.61. The summed E-state index contributed by atoms with van der Waals surface area (Å²) in [6.45, 7) is 5.14. The topological polar surface area (TPSA) is 21.3 Å². The van der Waals surface area contributed by atoms with Crippen molar-refractivity contribution in [3.8, 4) is 5.75 Å². The molecule has 0 unspecified atom stereocenters. The van der Waals surface area contributed by atoms with Crippen LogP contribution in [0.1, 0.15) is 32.6 Å². The van der Waals surface area contributed by atoms with Gasteiger partial charge >= 0.3 is 0 Å². The Balaban J connectivity index is 1.95. The van der Waals surface area contributed by atoms with Crippen LogP contribution in [0.3, 0.4) is 0 Å². The lowest BCUT2D eigenvalue weighted by Gasteiger charge is -2.06. The second kappa shape index (κ2) is 9.32. The summed E-state index contributed by atoms with van der Waals surface area (Å²) in [6, 6.07) is 7.53. The van der Waals surface area contributed by atoms with Crippen LogP contribution in [-0.2, 0) is 0 Å². The molecule has 0 amide bonds. The molecule has 0 aromatic heterocycles. The zero-order chi connectivity index (χ0) is 12.3. The molecule has 0 saturated heterocycles. The number of hydrogen-bond acceptors (Lipinski definition) is 2. The smallest absolute Gasteiger partial charge is 0.119 e. The summed E-state index contributed by atoms with van der Waals surface area (Å²) in [7, 11) is 0. The van der Waals surface area contributed by atoms with Crippen molar-refractivity contribution in [1.29, 1.82) is 0 Å². The third-order valence-electron chi connectivity index (χ3n) is 2.58. The van der Waals surface area contributed by atoms with E-state index in [0.717, 1.165) is 36.9 Å². The van der Waals surface area contributed by atoms with Crippen molar-refractivity contribution in [2.45, 2.75) is 32.6 Å². The number of hydrogen-bond donors (Lipinski definition) is 1. The maximum atomic E-state index is 5.79. The Kier molecular flexibility index (Phi) is 7.85. The minimum absolute atomic E-state index is 0.751. The SMILES string of the molecule is CCNCCCCCCOc1ccc(Cl)cc1. The van der Waals surface area contributed by atoms with E-state index in [1.165, 1.54) is 19.3 Å². The van der Waals surface area contributed by atoms with Crippen molar-refractivity contribution < 1.29 is 4.74 Å². The Morgan fingerprint density at radius 1 is 1.06 bits per heavy atom. The van der Waals surface area contributed by atoms with E-state index < -0.39 is 0 Å². The minimum atomic E-state index is 0.751. The van der Waals surface area contributed by atoms with Crippen LogP contribution in [0.5, 0.6) is 5.75 Å². The standard InChI is InChI=1S/C14H22ClNO/c1-2-16-11-5-3-4-6-12-17-14-9-7-13(15)8-10-14/h7-10,16H,2-6,11-12H2,1H3. The number of rotatable bonds is 9. The zero-order valence-electron chi connectivity index (χ0n) is 10.5. The molecule has 1 rings (SSSR count). The van der Waals surface area contributed by atoms with Gasteiger partial charge in [0.2, 0.25) is 0 Å². The molecule has 1 N–H and O–H groups in total. The van der Waals surface area contributed by atoms with E-state index >= 15 is 0 Å². The van der Waals surface area contributed by atoms with E-state index in [1.807, 2.05) is 24.3 Å². The zero-order valence-corrected chi connectivity index (χ0v) is 11.3. The maximum Gasteiger partial charge on any atom is 0.119 e. The Bertz CT molecular complexity index is 287. The highest BCUT2D eigenvalue weighted by molar-refractivity contribution is 6.30. The summed E-state index contributed by atoms with van der Waals surface area (Å²) in [5.41, 5.74) is 0. The minimum Gasteiger partial charge on any atom is -0.494 e. The van der Waals surface area contributed by atoms with Crippen LogP contribution in [0.4, 0.5) is 0 Å². The van der Waals surface area contributed by atoms with Gasteiger partial charge in [0.15, 0.2) is 0 Å². The van der Waals surface area contributed by atoms with Crippen molar-refractivity contribution >= 4 is 11.6 Å². The van der Waals surface area contributed by atoms with Crippen LogP contribution in [-0.4, -0.2) is 19.7 Å². The van der Waals surface area contributed by atoms with E-state index in [1.54, 1.807) is 0 Å². The molecule has 1 aromatic rings. The molecular weight excluding hydrogens is 234 g/mol. The summed E-state index contributed by atoms with van der Waals surface area (Å²) in [4.78, 5) is 0. The first kappa shape index (κ1) is 14.3. The molecule has 0 radical (unpaired) electrons. The van der Waals surface area contributed by atoms with Crippen molar-refractivity contribution in [2.24, 2.45) is 0 Å². The highest BCUT2D eigenvalue weighted by Crippen LogP contribution is 2.15. The van der Waals surface area contributed by atoms with Crippen LogP contribution >= 0.6 is 11.6 Å². The fourth-order valence-corrected chi connectivity index (χ4v) is 1.73. The van der Waals surface area contributed by atoms with E-state index in [9.17, 15) is 0 Å². The summed E-state index contributed by atoms with van der Waals surface area (Å²) in [5.74, 6) is 0.905. The van der Waals surface area contributed by atoms with Crippen LogP contribution in [0.15, 0.2) is 24.3 Å². The van der Waals surface area contributed by atoms with Gasteiger partial charge in [0.1, 0.15) is 5.75 Å². The van der Waals surface area contributed by atoms with Gasteiger partial charge < -0.3 is 10.1 Å². The highest BCUT2D eigenvalue weighted by Gasteiger charge is 1.94. The summed E-state index contributed by atoms with van der Waals surface area (Å²) in [5, 5.41) is 4.08. The van der Waals surface area contributed by atoms with Gasteiger partial charge in [-0.15, -0.1) is 0 Å². The van der Waals surface area contributed by atoms with Gasteiger partial charge in [-0.3, -0.25) is 0 Å². The van der Waals surface area contributed by atoms with Gasteiger partial charge in [-0.25, -0.2) is 0 Å². The monoisotopic (exact) mass is 255 g/mol. The lowest BCUT2D eigenvalue weighted by atomic mass is 10.2. The average Bonchev–Trinajstić information content (AvgIpc) is 2.35. The second-order valence-corrected chi connectivity index (χ2v) is 4.51. The van der Waals surface area contributed by atoms with Crippen LogP contribution in [0.25, 0.3) is 0 Å². The largest absolute Gasteiger partial charge is 0.494 e. The van der Waals surface area contributed by atoms with E-state index in [4.69, 9.17) is 16.3 Å². The number of halogens is 1. The first-order valence-electron chi connectivity index (χ1n) is 6.42. The third-order valence-corrected chi connectivity index (χ3v) is 2.83. The Labute approximate surface area is 109 Å². The van der Waals surface area contributed by atoms with Crippen molar-refractivity contribution in [3.05, 3.63) is 29.3 Å². The average molecular weight is 256 g/mol. The van der Waals surface area contributed by atoms with Gasteiger partial charge in [0.25, 0.3) is 0 Å². The van der Waals surface area contributed by atoms with Gasteiger partial charge in [-0.05, 0) is 50.2 Å². The number of unbranched alkanes of at least 4 members (excludes halogenated alkanes) is 3. The second-order valence-electron chi connectivity index (χ2n) is 4.07. The molecule has 0 saturated carbocycles. The van der Waals surface area contributed by atoms with Crippen molar-refractivity contribution in [1.82, 2.24) is 5.32 Å². The summed E-state index contributed by atoms with van der Waals surface area (Å²) >= 11 is 5.79. The molecule has 0 aliphatic carbocycles. The fraction of sp³-hybridized carbons (Fsp3) is 0.571. The van der Waals surface area contributed by atoms with Crippen LogP contribution < -0.4 is 10.1 Å². The maximum absolute atomic E-state index is 5.79. The van der Waals surface area contributed by atoms with Gasteiger partial charge in [-0.1, -0.05) is 31.4 Å². The van der Waals surface area contributed by atoms with Crippen molar-refractivity contribution in [3.63, 3.8) is 0 Å². The molecule has 0 heterocycles. The molecule has 2 nitrogen and oxygen atoms in total. The molecular formula is C14H22ClNO. The first-order chi connectivity index (χ1) is 8.33. The van der Waals surface area contributed by atoms with Gasteiger partial charge in [0.05, 0.1) is 6.61 Å². The molecule has 0 aliphatic heterocycles. The molecule has 0 atom stereocenters. The normalized spacial score (nSPS) is 10.5. The summed E-state index contributed by atoms with van der Waals surface area (Å²) in [6.07, 6.45) is 4.89. The highest BCUT2D eigenvalue weighted by atomic mass is 35.5. The quantitative estimate of drug-likeness (QED) is 0.676. The van der Waals surface area contributed by atoms with Gasteiger partial charge in [-0.2, -0.15) is 0 Å². The molecule has 0 aliphatic rings. The van der Waals surface area contributed by atoms with Crippen LogP contribution in [0, 0.1) is 0 Å². The molecule has 17 heavy (non-hydrogen) atoms. The fourth-order valence-electron chi connectivity index (χ4n) is 1.60. The van der Waals surface area contributed by atoms with Crippen molar-refractivity contribution in [2.75, 3.05) is 19.7 Å². The number of benzene rings is 1. The Hall–Kier alpha value is -0.730. The lowest BCUT2D eigenvalue weighted by molar-refractivity contribution is 0.304. The Morgan fingerprint density at radius 3 is 2.47 bits per heavy atom.